The Hall–Kier alpha value is -1.71. The molecule has 3 aliphatic heterocycles. The van der Waals surface area contributed by atoms with Crippen LogP contribution in [-0.4, -0.2) is 30.6 Å². The number of halogens is 1. The number of nitrogens with zero attached hydrogens (tertiary/aromatic N) is 1. The SMILES string of the molecule is Cl.c1ccc(Nc2ccc(NC3CN4CCC3CC4)cc2)cc1. The summed E-state index contributed by atoms with van der Waals surface area (Å²) in [6.45, 7) is 3.79. The highest BCUT2D eigenvalue weighted by molar-refractivity contribution is 5.85. The molecule has 0 aliphatic carbocycles. The van der Waals surface area contributed by atoms with Crippen LogP contribution in [0.2, 0.25) is 0 Å². The Bertz CT molecular complexity index is 606. The second kappa shape index (κ2) is 7.24. The number of fused-ring (bicyclic) bond motifs is 3. The first-order valence-corrected chi connectivity index (χ1v) is 8.28. The van der Waals surface area contributed by atoms with Crippen LogP contribution in [0.5, 0.6) is 0 Å². The van der Waals surface area contributed by atoms with Crippen LogP contribution in [0.3, 0.4) is 0 Å². The summed E-state index contributed by atoms with van der Waals surface area (Å²) in [5, 5.41) is 7.16. The van der Waals surface area contributed by atoms with Gasteiger partial charge in [0.05, 0.1) is 0 Å². The molecule has 3 heterocycles. The Balaban J connectivity index is 0.00000156. The van der Waals surface area contributed by atoms with Gasteiger partial charge in [-0.3, -0.25) is 0 Å². The lowest BCUT2D eigenvalue weighted by Gasteiger charge is -2.45. The van der Waals surface area contributed by atoms with Gasteiger partial charge in [0.2, 0.25) is 0 Å². The fourth-order valence-corrected chi connectivity index (χ4v) is 3.68. The lowest BCUT2D eigenvalue weighted by Crippen LogP contribution is -2.53. The van der Waals surface area contributed by atoms with Crippen LogP contribution in [0.1, 0.15) is 12.8 Å². The molecule has 3 fully saturated rings. The van der Waals surface area contributed by atoms with Crippen LogP contribution in [0.15, 0.2) is 54.6 Å². The van der Waals surface area contributed by atoms with Gasteiger partial charge >= 0.3 is 0 Å². The molecule has 2 aromatic carbocycles. The molecule has 4 heteroatoms. The van der Waals surface area contributed by atoms with Gasteiger partial charge in [-0.15, -0.1) is 12.4 Å². The van der Waals surface area contributed by atoms with E-state index in [-0.39, 0.29) is 12.4 Å². The first kappa shape index (κ1) is 16.2. The zero-order valence-corrected chi connectivity index (χ0v) is 14.1. The van der Waals surface area contributed by atoms with Crippen LogP contribution in [0.25, 0.3) is 0 Å². The fourth-order valence-electron chi connectivity index (χ4n) is 3.68. The van der Waals surface area contributed by atoms with Gasteiger partial charge in [-0.05, 0) is 68.2 Å². The minimum Gasteiger partial charge on any atom is -0.381 e. The van der Waals surface area contributed by atoms with Gasteiger partial charge in [0.15, 0.2) is 0 Å². The Kier molecular flexibility index (Phi) is 5.09. The molecule has 3 nitrogen and oxygen atoms in total. The zero-order chi connectivity index (χ0) is 14.8. The van der Waals surface area contributed by atoms with Crippen molar-refractivity contribution in [3.05, 3.63) is 54.6 Å². The van der Waals surface area contributed by atoms with E-state index in [4.69, 9.17) is 0 Å². The molecule has 1 unspecified atom stereocenters. The Morgan fingerprint density at radius 2 is 1.39 bits per heavy atom. The third-order valence-electron chi connectivity index (χ3n) is 4.96. The molecular formula is C19H24ClN3. The first-order chi connectivity index (χ1) is 10.9. The maximum atomic E-state index is 3.73. The van der Waals surface area contributed by atoms with Gasteiger partial charge < -0.3 is 15.5 Å². The number of para-hydroxylation sites is 1. The zero-order valence-electron chi connectivity index (χ0n) is 13.2. The van der Waals surface area contributed by atoms with E-state index >= 15 is 0 Å². The standard InChI is InChI=1S/C19H23N3.ClH/c1-2-4-16(5-3-1)20-17-6-8-18(9-7-17)21-19-14-22-12-10-15(19)11-13-22;/h1-9,15,19-21H,10-14H2;1H. The fraction of sp³-hybridized carbons (Fsp3) is 0.368. The van der Waals surface area contributed by atoms with E-state index in [2.05, 4.69) is 51.9 Å². The van der Waals surface area contributed by atoms with E-state index < -0.39 is 0 Å². The average molecular weight is 330 g/mol. The lowest BCUT2D eigenvalue weighted by atomic mass is 9.84. The molecule has 0 spiro atoms. The summed E-state index contributed by atoms with van der Waals surface area (Å²) in [4.78, 5) is 2.59. The largest absolute Gasteiger partial charge is 0.381 e. The summed E-state index contributed by atoms with van der Waals surface area (Å²) in [5.74, 6) is 0.854. The third-order valence-corrected chi connectivity index (χ3v) is 4.96. The minimum atomic E-state index is 0. The van der Waals surface area contributed by atoms with Crippen molar-refractivity contribution in [1.82, 2.24) is 4.90 Å². The second-order valence-electron chi connectivity index (χ2n) is 6.46. The van der Waals surface area contributed by atoms with Crippen LogP contribution >= 0.6 is 12.4 Å². The molecule has 0 saturated carbocycles. The molecule has 2 aromatic rings. The van der Waals surface area contributed by atoms with Crippen molar-refractivity contribution in [2.75, 3.05) is 30.3 Å². The molecule has 1 atom stereocenters. The highest BCUT2D eigenvalue weighted by Gasteiger charge is 2.33. The summed E-state index contributed by atoms with van der Waals surface area (Å²) >= 11 is 0. The summed E-state index contributed by atoms with van der Waals surface area (Å²) in [6.07, 6.45) is 2.70. The van der Waals surface area contributed by atoms with Crippen molar-refractivity contribution in [3.63, 3.8) is 0 Å². The minimum absolute atomic E-state index is 0. The highest BCUT2D eigenvalue weighted by Crippen LogP contribution is 2.30. The maximum Gasteiger partial charge on any atom is 0.0417 e. The molecule has 3 saturated heterocycles. The Labute approximate surface area is 144 Å². The maximum absolute atomic E-state index is 3.73. The van der Waals surface area contributed by atoms with Gasteiger partial charge in [-0.25, -0.2) is 0 Å². The van der Waals surface area contributed by atoms with Gasteiger partial charge in [-0.2, -0.15) is 0 Å². The number of hydrogen-bond acceptors (Lipinski definition) is 3. The summed E-state index contributed by atoms with van der Waals surface area (Å²) in [5.41, 5.74) is 3.49. The Morgan fingerprint density at radius 3 is 2.00 bits per heavy atom. The van der Waals surface area contributed by atoms with Crippen molar-refractivity contribution in [1.29, 1.82) is 0 Å². The number of rotatable bonds is 4. The number of nitrogens with one attached hydrogen (secondary N) is 2. The van der Waals surface area contributed by atoms with Crippen molar-refractivity contribution in [2.24, 2.45) is 5.92 Å². The van der Waals surface area contributed by atoms with E-state index in [1.54, 1.807) is 0 Å². The van der Waals surface area contributed by atoms with Crippen molar-refractivity contribution in [2.45, 2.75) is 18.9 Å². The van der Waals surface area contributed by atoms with Gasteiger partial charge in [0.25, 0.3) is 0 Å². The summed E-state index contributed by atoms with van der Waals surface area (Å²) in [6, 6.07) is 19.6. The second-order valence-corrected chi connectivity index (χ2v) is 6.46. The molecule has 0 aromatic heterocycles. The molecule has 23 heavy (non-hydrogen) atoms. The average Bonchev–Trinajstić information content (AvgIpc) is 2.59. The van der Waals surface area contributed by atoms with Crippen LogP contribution in [0.4, 0.5) is 17.1 Å². The molecular weight excluding hydrogens is 306 g/mol. The summed E-state index contributed by atoms with van der Waals surface area (Å²) < 4.78 is 0. The monoisotopic (exact) mass is 329 g/mol. The predicted molar refractivity (Wildman–Crippen MR) is 100.0 cm³/mol. The van der Waals surface area contributed by atoms with Crippen LogP contribution in [0, 0.1) is 5.92 Å². The van der Waals surface area contributed by atoms with Gasteiger partial charge in [0.1, 0.15) is 0 Å². The van der Waals surface area contributed by atoms with Crippen LogP contribution < -0.4 is 10.6 Å². The lowest BCUT2D eigenvalue weighted by molar-refractivity contribution is 0.0975. The smallest absolute Gasteiger partial charge is 0.0417 e. The van der Waals surface area contributed by atoms with E-state index in [9.17, 15) is 0 Å². The number of anilines is 3. The quantitative estimate of drug-likeness (QED) is 0.872. The third kappa shape index (κ3) is 3.80. The Morgan fingerprint density at radius 1 is 0.783 bits per heavy atom. The number of benzene rings is 2. The number of piperidine rings is 3. The highest BCUT2D eigenvalue weighted by atomic mass is 35.5. The topological polar surface area (TPSA) is 27.3 Å². The van der Waals surface area contributed by atoms with Gasteiger partial charge in [-0.1, -0.05) is 18.2 Å². The predicted octanol–water partition coefficient (Wildman–Crippen LogP) is 4.36. The molecule has 0 amide bonds. The van der Waals surface area contributed by atoms with E-state index in [1.165, 1.54) is 38.2 Å². The van der Waals surface area contributed by atoms with Crippen molar-refractivity contribution < 1.29 is 0 Å². The molecule has 2 N–H and O–H groups in total. The molecule has 2 bridgehead atoms. The molecule has 5 rings (SSSR count). The molecule has 122 valence electrons. The van der Waals surface area contributed by atoms with Crippen molar-refractivity contribution in [3.8, 4) is 0 Å². The molecule has 0 radical (unpaired) electrons. The van der Waals surface area contributed by atoms with Crippen molar-refractivity contribution >= 4 is 29.5 Å². The summed E-state index contributed by atoms with van der Waals surface area (Å²) in [7, 11) is 0. The van der Waals surface area contributed by atoms with E-state index in [0.29, 0.717) is 6.04 Å². The normalized spacial score (nSPS) is 25.5. The first-order valence-electron chi connectivity index (χ1n) is 8.28. The number of hydrogen-bond donors (Lipinski definition) is 2. The van der Waals surface area contributed by atoms with E-state index in [0.717, 1.165) is 17.3 Å². The van der Waals surface area contributed by atoms with Gasteiger partial charge in [0, 0.05) is 29.6 Å². The van der Waals surface area contributed by atoms with E-state index in [1.807, 2.05) is 18.2 Å². The molecule has 3 aliphatic rings. The van der Waals surface area contributed by atoms with Crippen LogP contribution in [-0.2, 0) is 0 Å².